The topological polar surface area (TPSA) is 41.4 Å². The van der Waals surface area contributed by atoms with E-state index in [1.54, 1.807) is 6.20 Å². The predicted octanol–water partition coefficient (Wildman–Crippen LogP) is 2.34. The Morgan fingerprint density at radius 1 is 1.26 bits per heavy atom. The number of hydrogen-bond acceptors (Lipinski definition) is 3. The van der Waals surface area contributed by atoms with Crippen molar-refractivity contribution in [2.45, 2.75) is 25.9 Å². The van der Waals surface area contributed by atoms with Gasteiger partial charge in [0.05, 0.1) is 0 Å². The molecular formula is C18H26N4O. The number of aromatic nitrogens is 2. The fourth-order valence-electron chi connectivity index (χ4n) is 2.72. The molecule has 5 heteroatoms. The summed E-state index contributed by atoms with van der Waals surface area (Å²) >= 11 is 0. The second-order valence-electron chi connectivity index (χ2n) is 6.16. The van der Waals surface area contributed by atoms with Gasteiger partial charge in [-0.05, 0) is 39.1 Å². The van der Waals surface area contributed by atoms with Crippen molar-refractivity contribution in [1.82, 2.24) is 19.6 Å². The summed E-state index contributed by atoms with van der Waals surface area (Å²) in [5.41, 5.74) is 2.21. The molecule has 0 saturated heterocycles. The van der Waals surface area contributed by atoms with E-state index in [4.69, 9.17) is 0 Å². The van der Waals surface area contributed by atoms with Crippen LogP contribution in [0.3, 0.4) is 0 Å². The molecule has 0 aliphatic heterocycles. The smallest absolute Gasteiger partial charge is 0.244 e. The molecule has 2 rings (SSSR count). The molecule has 1 amide bonds. The van der Waals surface area contributed by atoms with Gasteiger partial charge in [0.15, 0.2) is 0 Å². The zero-order valence-electron chi connectivity index (χ0n) is 14.4. The first kappa shape index (κ1) is 17.2. The standard InChI is InChI=1S/C18H26N4O/c1-15-8-5-9-16(14-15)17(20(2)3)18(23)21(4)11-7-13-22-12-6-10-19-22/h5-6,8-10,12,14,17H,7,11,13H2,1-4H3/t17-/m0/s1. The van der Waals surface area contributed by atoms with Crippen LogP contribution in [-0.2, 0) is 11.3 Å². The van der Waals surface area contributed by atoms with Crippen LogP contribution in [0.1, 0.15) is 23.6 Å². The Morgan fingerprint density at radius 3 is 2.65 bits per heavy atom. The normalized spacial score (nSPS) is 12.4. The van der Waals surface area contributed by atoms with Crippen LogP contribution in [0.2, 0.25) is 0 Å². The Balaban J connectivity index is 1.99. The van der Waals surface area contributed by atoms with Crippen molar-refractivity contribution in [3.05, 3.63) is 53.9 Å². The van der Waals surface area contributed by atoms with E-state index >= 15 is 0 Å². The molecule has 23 heavy (non-hydrogen) atoms. The quantitative estimate of drug-likeness (QED) is 0.788. The number of rotatable bonds is 7. The molecule has 124 valence electrons. The molecule has 1 aromatic carbocycles. The molecule has 1 atom stereocenters. The van der Waals surface area contributed by atoms with Crippen molar-refractivity contribution in [3.8, 4) is 0 Å². The lowest BCUT2D eigenvalue weighted by atomic mass is 10.0. The molecule has 0 radical (unpaired) electrons. The number of carbonyl (C=O) groups excluding carboxylic acids is 1. The third kappa shape index (κ3) is 4.66. The van der Waals surface area contributed by atoms with E-state index in [0.29, 0.717) is 0 Å². The average molecular weight is 314 g/mol. The predicted molar refractivity (Wildman–Crippen MR) is 92.1 cm³/mol. The first-order valence-corrected chi connectivity index (χ1v) is 7.94. The molecule has 0 saturated carbocycles. The van der Waals surface area contributed by atoms with Gasteiger partial charge in [-0.15, -0.1) is 0 Å². The van der Waals surface area contributed by atoms with Crippen molar-refractivity contribution in [3.63, 3.8) is 0 Å². The van der Waals surface area contributed by atoms with Crippen molar-refractivity contribution in [2.24, 2.45) is 0 Å². The molecule has 5 nitrogen and oxygen atoms in total. The van der Waals surface area contributed by atoms with Gasteiger partial charge >= 0.3 is 0 Å². The van der Waals surface area contributed by atoms with Gasteiger partial charge in [-0.25, -0.2) is 0 Å². The van der Waals surface area contributed by atoms with E-state index in [-0.39, 0.29) is 11.9 Å². The minimum atomic E-state index is -0.246. The number of hydrogen-bond donors (Lipinski definition) is 0. The largest absolute Gasteiger partial charge is 0.344 e. The van der Waals surface area contributed by atoms with E-state index in [9.17, 15) is 4.79 Å². The fraction of sp³-hybridized carbons (Fsp3) is 0.444. The molecular weight excluding hydrogens is 288 g/mol. The van der Waals surface area contributed by atoms with E-state index in [1.807, 2.05) is 60.0 Å². The molecule has 0 spiro atoms. The van der Waals surface area contributed by atoms with Crippen LogP contribution < -0.4 is 0 Å². The van der Waals surface area contributed by atoms with Gasteiger partial charge in [-0.1, -0.05) is 29.8 Å². The van der Waals surface area contributed by atoms with Crippen LogP contribution >= 0.6 is 0 Å². The highest BCUT2D eigenvalue weighted by Gasteiger charge is 2.25. The van der Waals surface area contributed by atoms with Gasteiger partial charge in [0.1, 0.15) is 6.04 Å². The second kappa shape index (κ2) is 7.92. The molecule has 0 fully saturated rings. The fourth-order valence-corrected chi connectivity index (χ4v) is 2.72. The Labute approximate surface area is 138 Å². The number of amides is 1. The first-order valence-electron chi connectivity index (χ1n) is 7.94. The van der Waals surface area contributed by atoms with Gasteiger partial charge in [0, 0.05) is 32.5 Å². The van der Waals surface area contributed by atoms with Gasteiger partial charge in [-0.3, -0.25) is 14.4 Å². The Bertz CT molecular complexity index is 622. The lowest BCUT2D eigenvalue weighted by Gasteiger charge is -2.29. The van der Waals surface area contributed by atoms with Crippen LogP contribution in [0.25, 0.3) is 0 Å². The van der Waals surface area contributed by atoms with Gasteiger partial charge in [0.25, 0.3) is 0 Å². The highest BCUT2D eigenvalue weighted by molar-refractivity contribution is 5.83. The monoisotopic (exact) mass is 314 g/mol. The van der Waals surface area contributed by atoms with Crippen molar-refractivity contribution in [2.75, 3.05) is 27.7 Å². The third-order valence-electron chi connectivity index (χ3n) is 3.92. The summed E-state index contributed by atoms with van der Waals surface area (Å²) in [5.74, 6) is 0.126. The van der Waals surface area contributed by atoms with Crippen LogP contribution in [0.5, 0.6) is 0 Å². The van der Waals surface area contributed by atoms with E-state index < -0.39 is 0 Å². The second-order valence-corrected chi connectivity index (χ2v) is 6.16. The van der Waals surface area contributed by atoms with Crippen molar-refractivity contribution in [1.29, 1.82) is 0 Å². The minimum Gasteiger partial charge on any atom is -0.344 e. The number of nitrogens with zero attached hydrogens (tertiary/aromatic N) is 4. The number of carbonyl (C=O) groups is 1. The molecule has 0 bridgehead atoms. The van der Waals surface area contributed by atoms with Gasteiger partial charge in [0.2, 0.25) is 5.91 Å². The summed E-state index contributed by atoms with van der Waals surface area (Å²) in [4.78, 5) is 16.6. The lowest BCUT2D eigenvalue weighted by molar-refractivity contribution is -0.135. The molecule has 0 aliphatic carbocycles. The summed E-state index contributed by atoms with van der Waals surface area (Å²) in [6.45, 7) is 3.59. The van der Waals surface area contributed by atoms with Crippen LogP contribution in [0.15, 0.2) is 42.7 Å². The van der Waals surface area contributed by atoms with Crippen LogP contribution in [0, 0.1) is 6.92 Å². The maximum absolute atomic E-state index is 12.9. The van der Waals surface area contributed by atoms with E-state index in [1.165, 1.54) is 5.56 Å². The average Bonchev–Trinajstić information content (AvgIpc) is 3.00. The molecule has 0 N–H and O–H groups in total. The van der Waals surface area contributed by atoms with Crippen LogP contribution in [-0.4, -0.2) is 53.2 Å². The van der Waals surface area contributed by atoms with E-state index in [2.05, 4.69) is 24.2 Å². The summed E-state index contributed by atoms with van der Waals surface area (Å²) in [6.07, 6.45) is 4.60. The lowest BCUT2D eigenvalue weighted by Crippen LogP contribution is -2.39. The Morgan fingerprint density at radius 2 is 2.04 bits per heavy atom. The zero-order chi connectivity index (χ0) is 16.8. The maximum atomic E-state index is 12.9. The number of likely N-dealkylation sites (N-methyl/N-ethyl adjacent to an activating group) is 2. The van der Waals surface area contributed by atoms with Crippen molar-refractivity contribution < 1.29 is 4.79 Å². The molecule has 0 aliphatic rings. The third-order valence-corrected chi connectivity index (χ3v) is 3.92. The highest BCUT2D eigenvalue weighted by atomic mass is 16.2. The zero-order valence-corrected chi connectivity index (χ0v) is 14.4. The summed E-state index contributed by atoms with van der Waals surface area (Å²) in [6, 6.07) is 9.83. The van der Waals surface area contributed by atoms with Crippen molar-refractivity contribution >= 4 is 5.91 Å². The Hall–Kier alpha value is -2.14. The molecule has 1 heterocycles. The number of benzene rings is 1. The minimum absolute atomic E-state index is 0.126. The summed E-state index contributed by atoms with van der Waals surface area (Å²) < 4.78 is 1.89. The Kier molecular flexibility index (Phi) is 5.93. The van der Waals surface area contributed by atoms with Gasteiger partial charge in [-0.2, -0.15) is 5.10 Å². The maximum Gasteiger partial charge on any atom is 0.244 e. The SMILES string of the molecule is Cc1cccc([C@@H](C(=O)N(C)CCCn2cccn2)N(C)C)c1. The first-order chi connectivity index (χ1) is 11.0. The highest BCUT2D eigenvalue weighted by Crippen LogP contribution is 2.21. The van der Waals surface area contributed by atoms with E-state index in [0.717, 1.165) is 25.1 Å². The molecule has 2 aromatic rings. The summed E-state index contributed by atoms with van der Waals surface area (Å²) in [7, 11) is 5.77. The van der Waals surface area contributed by atoms with Crippen LogP contribution in [0.4, 0.5) is 0 Å². The molecule has 0 unspecified atom stereocenters. The molecule has 1 aromatic heterocycles. The number of aryl methyl sites for hydroxylation is 2. The summed E-state index contributed by atoms with van der Waals surface area (Å²) in [5, 5.41) is 4.18. The van der Waals surface area contributed by atoms with Gasteiger partial charge < -0.3 is 4.90 Å².